The molecule has 7 rings (SSSR count). The van der Waals surface area contributed by atoms with Gasteiger partial charge >= 0.3 is 6.01 Å². The number of nitrogens with zero attached hydrogens (tertiary/aromatic N) is 7. The lowest BCUT2D eigenvalue weighted by atomic mass is 9.69. The predicted molar refractivity (Wildman–Crippen MR) is 174 cm³/mol. The first-order chi connectivity index (χ1) is 21.9. The second kappa shape index (κ2) is 12.7. The van der Waals surface area contributed by atoms with Gasteiger partial charge in [-0.1, -0.05) is 30.3 Å². The lowest BCUT2D eigenvalue weighted by Crippen LogP contribution is -2.55. The summed E-state index contributed by atoms with van der Waals surface area (Å²) < 4.78 is 6.38. The van der Waals surface area contributed by atoms with Crippen molar-refractivity contribution in [3.63, 3.8) is 0 Å². The fourth-order valence-electron chi connectivity index (χ4n) is 8.65. The molecule has 0 saturated carbocycles. The van der Waals surface area contributed by atoms with Gasteiger partial charge in [0, 0.05) is 48.8 Å². The number of benzene rings is 1. The summed E-state index contributed by atoms with van der Waals surface area (Å²) in [5, 5.41) is 9.76. The van der Waals surface area contributed by atoms with E-state index in [2.05, 4.69) is 59.1 Å². The number of rotatable bonds is 7. The molecule has 9 heteroatoms. The van der Waals surface area contributed by atoms with Gasteiger partial charge in [-0.2, -0.15) is 15.2 Å². The number of hydrogen-bond donors (Lipinski definition) is 0. The lowest BCUT2D eigenvalue weighted by Gasteiger charge is -2.42. The number of piperazine rings is 1. The second-order valence-corrected chi connectivity index (χ2v) is 14.0. The zero-order chi connectivity index (χ0) is 31.0. The Morgan fingerprint density at radius 2 is 1.87 bits per heavy atom. The Balaban J connectivity index is 1.15. The number of anilines is 1. The van der Waals surface area contributed by atoms with Gasteiger partial charge in [-0.3, -0.25) is 9.69 Å². The molecule has 0 N–H and O–H groups in total. The SMILES string of the molecule is CN1CCCC1/C=C/C(=O)N1CCN(c2nc(OC[C@@H]3CCCN3C)nc3c2CC[C@@]2(CCc4ccccc42)C3)C[C@@H]1CC#N. The second-order valence-electron chi connectivity index (χ2n) is 14.0. The Labute approximate surface area is 267 Å². The van der Waals surface area contributed by atoms with Gasteiger partial charge in [0.1, 0.15) is 12.4 Å². The van der Waals surface area contributed by atoms with E-state index in [0.717, 1.165) is 76.0 Å². The maximum atomic E-state index is 13.4. The minimum absolute atomic E-state index is 0.00598. The molecular formula is C36H47N7O2. The molecule has 3 saturated heterocycles. The van der Waals surface area contributed by atoms with Crippen molar-refractivity contribution in [2.45, 2.75) is 87.7 Å². The molecule has 1 aromatic heterocycles. The van der Waals surface area contributed by atoms with Crippen molar-refractivity contribution in [3.8, 4) is 12.1 Å². The van der Waals surface area contributed by atoms with Crippen LogP contribution in [0.15, 0.2) is 36.4 Å². The smallest absolute Gasteiger partial charge is 0.318 e. The zero-order valence-corrected chi connectivity index (χ0v) is 27.0. The van der Waals surface area contributed by atoms with E-state index in [4.69, 9.17) is 14.7 Å². The highest BCUT2D eigenvalue weighted by Gasteiger charge is 2.43. The lowest BCUT2D eigenvalue weighted by molar-refractivity contribution is -0.128. The largest absolute Gasteiger partial charge is 0.462 e. The predicted octanol–water partition coefficient (Wildman–Crippen LogP) is 3.90. The monoisotopic (exact) mass is 609 g/mol. The minimum Gasteiger partial charge on any atom is -0.462 e. The topological polar surface area (TPSA) is 88.8 Å². The summed E-state index contributed by atoms with van der Waals surface area (Å²) in [5.41, 5.74) is 5.41. The number of carbonyl (C=O) groups excluding carboxylic acids is 1. The molecule has 4 heterocycles. The van der Waals surface area contributed by atoms with Crippen LogP contribution in [0, 0.1) is 11.3 Å². The normalized spacial score (nSPS) is 28.5. The molecule has 1 aromatic carbocycles. The third kappa shape index (κ3) is 5.95. The van der Waals surface area contributed by atoms with E-state index < -0.39 is 0 Å². The van der Waals surface area contributed by atoms with Crippen molar-refractivity contribution in [1.82, 2.24) is 24.7 Å². The first kappa shape index (κ1) is 30.2. The van der Waals surface area contributed by atoms with Crippen LogP contribution in [0.2, 0.25) is 0 Å². The summed E-state index contributed by atoms with van der Waals surface area (Å²) >= 11 is 0. The van der Waals surface area contributed by atoms with Crippen molar-refractivity contribution in [3.05, 3.63) is 58.8 Å². The quantitative estimate of drug-likeness (QED) is 0.437. The molecule has 238 valence electrons. The minimum atomic E-state index is -0.194. The summed E-state index contributed by atoms with van der Waals surface area (Å²) in [6.45, 7) is 4.58. The highest BCUT2D eigenvalue weighted by molar-refractivity contribution is 5.88. The standard InChI is InChI=1S/C36H47N7O2/c1-40-19-5-8-27(40)11-12-33(44)43-22-21-42(24-28(43)15-18-37)34-30-14-17-36(16-13-26-7-3-4-10-31(26)36)23-32(30)38-35(39-34)45-25-29-9-6-20-41(29)2/h3-4,7,10-12,27-29H,5-6,8-9,13-17,19-25H2,1-2H3/b12-11+/t27?,28-,29-,36-/m0/s1. The summed E-state index contributed by atoms with van der Waals surface area (Å²) in [6.07, 6.45) is 13.8. The van der Waals surface area contributed by atoms with Crippen LogP contribution in [-0.2, 0) is 29.5 Å². The van der Waals surface area contributed by atoms with Crippen LogP contribution in [0.1, 0.15) is 67.3 Å². The van der Waals surface area contributed by atoms with Gasteiger partial charge in [-0.15, -0.1) is 0 Å². The van der Waals surface area contributed by atoms with Crippen molar-refractivity contribution in [2.24, 2.45) is 0 Å². The number of fused-ring (bicyclic) bond motifs is 3. The van der Waals surface area contributed by atoms with E-state index in [1.807, 2.05) is 11.0 Å². The maximum absolute atomic E-state index is 13.4. The number of hydrogen-bond acceptors (Lipinski definition) is 8. The number of aryl methyl sites for hydroxylation is 1. The first-order valence-corrected chi connectivity index (χ1v) is 17.1. The Morgan fingerprint density at radius 1 is 1.04 bits per heavy atom. The number of ether oxygens (including phenoxy) is 1. The first-order valence-electron chi connectivity index (χ1n) is 17.1. The summed E-state index contributed by atoms with van der Waals surface area (Å²) in [4.78, 5) is 32.5. The molecule has 3 aliphatic heterocycles. The Hall–Kier alpha value is -3.48. The average Bonchev–Trinajstić information content (AvgIpc) is 3.77. The van der Waals surface area contributed by atoms with Crippen molar-refractivity contribution < 1.29 is 9.53 Å². The van der Waals surface area contributed by atoms with Gasteiger partial charge in [0.25, 0.3) is 0 Å². The van der Waals surface area contributed by atoms with Crippen molar-refractivity contribution in [2.75, 3.05) is 58.3 Å². The molecule has 0 radical (unpaired) electrons. The Morgan fingerprint density at radius 3 is 2.67 bits per heavy atom. The third-order valence-electron chi connectivity index (χ3n) is 11.4. The molecule has 5 aliphatic rings. The number of aromatic nitrogens is 2. The Bertz CT molecular complexity index is 1490. The van der Waals surface area contributed by atoms with Crippen LogP contribution in [0.5, 0.6) is 6.01 Å². The van der Waals surface area contributed by atoms with Crippen LogP contribution in [0.3, 0.4) is 0 Å². The number of amides is 1. The molecule has 1 spiro atoms. The molecule has 1 amide bonds. The summed E-state index contributed by atoms with van der Waals surface area (Å²) in [5.74, 6) is 0.945. The van der Waals surface area contributed by atoms with Crippen LogP contribution in [-0.4, -0.2) is 102 Å². The molecule has 3 fully saturated rings. The fourth-order valence-corrected chi connectivity index (χ4v) is 8.65. The molecule has 9 nitrogen and oxygen atoms in total. The van der Waals surface area contributed by atoms with E-state index >= 15 is 0 Å². The number of likely N-dealkylation sites (N-methyl/N-ethyl adjacent to an activating group) is 2. The molecule has 4 atom stereocenters. The molecule has 1 unspecified atom stereocenters. The number of likely N-dealkylation sites (tertiary alicyclic amines) is 2. The van der Waals surface area contributed by atoms with E-state index in [1.165, 1.54) is 23.1 Å². The van der Waals surface area contributed by atoms with E-state index in [0.29, 0.717) is 50.8 Å². The molecule has 45 heavy (non-hydrogen) atoms. The van der Waals surface area contributed by atoms with Crippen LogP contribution in [0.4, 0.5) is 5.82 Å². The fraction of sp³-hybridized carbons (Fsp3) is 0.611. The van der Waals surface area contributed by atoms with Gasteiger partial charge in [0.15, 0.2) is 0 Å². The van der Waals surface area contributed by atoms with Crippen LogP contribution >= 0.6 is 0 Å². The van der Waals surface area contributed by atoms with E-state index in [9.17, 15) is 10.1 Å². The summed E-state index contributed by atoms with van der Waals surface area (Å²) in [7, 11) is 4.28. The van der Waals surface area contributed by atoms with Gasteiger partial charge in [-0.05, 0) is 96.1 Å². The highest BCUT2D eigenvalue weighted by atomic mass is 16.5. The average molecular weight is 610 g/mol. The highest BCUT2D eigenvalue weighted by Crippen LogP contribution is 2.48. The third-order valence-corrected chi connectivity index (χ3v) is 11.4. The molecule has 2 aliphatic carbocycles. The van der Waals surface area contributed by atoms with E-state index in [1.54, 1.807) is 6.08 Å². The Kier molecular flexibility index (Phi) is 8.54. The van der Waals surface area contributed by atoms with Crippen molar-refractivity contribution >= 4 is 11.7 Å². The van der Waals surface area contributed by atoms with Crippen molar-refractivity contribution in [1.29, 1.82) is 5.26 Å². The zero-order valence-electron chi connectivity index (χ0n) is 27.0. The van der Waals surface area contributed by atoms with E-state index in [-0.39, 0.29) is 17.4 Å². The van der Waals surface area contributed by atoms with Gasteiger partial charge in [-0.25, -0.2) is 0 Å². The van der Waals surface area contributed by atoms with Gasteiger partial charge < -0.3 is 19.4 Å². The molecule has 2 aromatic rings. The van der Waals surface area contributed by atoms with Gasteiger partial charge in [0.05, 0.1) is 24.2 Å². The molecule has 0 bridgehead atoms. The summed E-state index contributed by atoms with van der Waals surface area (Å²) in [6, 6.07) is 12.3. The van der Waals surface area contributed by atoms with Crippen LogP contribution in [0.25, 0.3) is 0 Å². The molecular weight excluding hydrogens is 562 g/mol. The number of nitriles is 1. The van der Waals surface area contributed by atoms with Crippen LogP contribution < -0.4 is 9.64 Å². The number of carbonyl (C=O) groups is 1. The maximum Gasteiger partial charge on any atom is 0.318 e. The van der Waals surface area contributed by atoms with Gasteiger partial charge in [0.2, 0.25) is 5.91 Å².